The zero-order chi connectivity index (χ0) is 12.1. The van der Waals surface area contributed by atoms with Gasteiger partial charge in [-0.3, -0.25) is 0 Å². The molecule has 17 heavy (non-hydrogen) atoms. The van der Waals surface area contributed by atoms with E-state index in [1.54, 1.807) is 0 Å². The average molecular weight is 236 g/mol. The molecule has 1 aromatic carbocycles. The highest BCUT2D eigenvalue weighted by molar-refractivity contribution is 5.45. The van der Waals surface area contributed by atoms with E-state index in [0.29, 0.717) is 0 Å². The van der Waals surface area contributed by atoms with Crippen LogP contribution >= 0.6 is 0 Å². The summed E-state index contributed by atoms with van der Waals surface area (Å²) in [5, 5.41) is 3.58. The van der Waals surface area contributed by atoms with Crippen molar-refractivity contribution in [2.75, 3.05) is 25.0 Å². The number of nitrogens with zero attached hydrogens (tertiary/aromatic N) is 1. The van der Waals surface area contributed by atoms with Crippen molar-refractivity contribution in [2.24, 2.45) is 0 Å². The first-order chi connectivity index (χ1) is 8.25. The van der Waals surface area contributed by atoms with Gasteiger partial charge in [-0.15, -0.1) is 0 Å². The Hall–Kier alpha value is -1.09. The van der Waals surface area contributed by atoms with Crippen LogP contribution in [0, 0.1) is 5.82 Å². The lowest BCUT2D eigenvalue weighted by Crippen LogP contribution is -2.34. The minimum atomic E-state index is -0.175. The minimum Gasteiger partial charge on any atom is -0.373 e. The lowest BCUT2D eigenvalue weighted by Gasteiger charge is -2.21. The number of anilines is 1. The highest BCUT2D eigenvalue weighted by Crippen LogP contribution is 2.17. The first kappa shape index (κ1) is 12.4. The average Bonchev–Trinajstić information content (AvgIpc) is 2.83. The normalized spacial score (nSPS) is 16.4. The van der Waals surface area contributed by atoms with Crippen molar-refractivity contribution in [3.8, 4) is 0 Å². The van der Waals surface area contributed by atoms with Crippen LogP contribution in [-0.4, -0.2) is 26.2 Å². The van der Waals surface area contributed by atoms with E-state index in [0.717, 1.165) is 24.8 Å². The third-order valence-electron chi connectivity index (χ3n) is 3.50. The van der Waals surface area contributed by atoms with Gasteiger partial charge in [0.2, 0.25) is 0 Å². The molecule has 0 unspecified atom stereocenters. The Balaban J connectivity index is 1.72. The summed E-state index contributed by atoms with van der Waals surface area (Å²) in [4.78, 5) is 2.15. The molecule has 0 bridgehead atoms. The van der Waals surface area contributed by atoms with Crippen molar-refractivity contribution < 1.29 is 4.39 Å². The summed E-state index contributed by atoms with van der Waals surface area (Å²) in [6.45, 7) is 1.96. The van der Waals surface area contributed by atoms with Gasteiger partial charge in [-0.1, -0.05) is 12.8 Å². The second kappa shape index (κ2) is 6.01. The Morgan fingerprint density at radius 2 is 1.88 bits per heavy atom. The predicted molar refractivity (Wildman–Crippen MR) is 69.9 cm³/mol. The molecule has 1 aliphatic rings. The summed E-state index contributed by atoms with van der Waals surface area (Å²) >= 11 is 0. The van der Waals surface area contributed by atoms with Crippen molar-refractivity contribution in [1.82, 2.24) is 5.32 Å². The van der Waals surface area contributed by atoms with E-state index < -0.39 is 0 Å². The summed E-state index contributed by atoms with van der Waals surface area (Å²) in [5.74, 6) is -0.175. The number of nitrogens with one attached hydrogen (secondary N) is 1. The van der Waals surface area contributed by atoms with Gasteiger partial charge in [0, 0.05) is 31.9 Å². The smallest absolute Gasteiger partial charge is 0.123 e. The molecular formula is C14H21FN2. The van der Waals surface area contributed by atoms with Crippen molar-refractivity contribution in [2.45, 2.75) is 31.7 Å². The Kier molecular flexibility index (Phi) is 4.37. The summed E-state index contributed by atoms with van der Waals surface area (Å²) in [7, 11) is 2.05. The van der Waals surface area contributed by atoms with Crippen LogP contribution in [0.25, 0.3) is 0 Å². The van der Waals surface area contributed by atoms with Gasteiger partial charge in [0.15, 0.2) is 0 Å². The second-order valence-corrected chi connectivity index (χ2v) is 4.83. The zero-order valence-corrected chi connectivity index (χ0v) is 10.5. The molecule has 1 aromatic rings. The van der Waals surface area contributed by atoms with Crippen LogP contribution in [0.4, 0.5) is 10.1 Å². The second-order valence-electron chi connectivity index (χ2n) is 4.83. The number of rotatable bonds is 5. The van der Waals surface area contributed by atoms with Crippen LogP contribution in [0.15, 0.2) is 24.3 Å². The third kappa shape index (κ3) is 3.70. The number of hydrogen-bond acceptors (Lipinski definition) is 2. The van der Waals surface area contributed by atoms with E-state index in [1.807, 2.05) is 19.2 Å². The zero-order valence-electron chi connectivity index (χ0n) is 10.5. The van der Waals surface area contributed by atoms with Gasteiger partial charge in [-0.05, 0) is 37.1 Å². The quantitative estimate of drug-likeness (QED) is 0.845. The van der Waals surface area contributed by atoms with Crippen LogP contribution in [0.2, 0.25) is 0 Å². The summed E-state index contributed by atoms with van der Waals surface area (Å²) in [6, 6.07) is 7.39. The molecule has 0 amide bonds. The highest BCUT2D eigenvalue weighted by atomic mass is 19.1. The molecule has 0 radical (unpaired) electrons. The number of hydrogen-bond donors (Lipinski definition) is 1. The fraction of sp³-hybridized carbons (Fsp3) is 0.571. The Bertz CT molecular complexity index is 331. The standard InChI is InChI=1S/C14H21FN2/c1-17(14-8-6-12(15)7-9-14)11-10-16-13-4-2-3-5-13/h6-9,13,16H,2-5,10-11H2,1H3. The lowest BCUT2D eigenvalue weighted by molar-refractivity contribution is 0.528. The van der Waals surface area contributed by atoms with E-state index in [9.17, 15) is 4.39 Å². The fourth-order valence-electron chi connectivity index (χ4n) is 2.39. The first-order valence-electron chi connectivity index (χ1n) is 6.46. The molecule has 94 valence electrons. The number of benzene rings is 1. The fourth-order valence-corrected chi connectivity index (χ4v) is 2.39. The maximum Gasteiger partial charge on any atom is 0.123 e. The molecule has 3 heteroatoms. The van der Waals surface area contributed by atoms with Crippen molar-refractivity contribution in [3.63, 3.8) is 0 Å². The van der Waals surface area contributed by atoms with Gasteiger partial charge < -0.3 is 10.2 Å². The van der Waals surface area contributed by atoms with Crippen LogP contribution in [0.3, 0.4) is 0 Å². The number of likely N-dealkylation sites (N-methyl/N-ethyl adjacent to an activating group) is 1. The summed E-state index contributed by atoms with van der Waals surface area (Å²) in [5.41, 5.74) is 1.07. The van der Waals surface area contributed by atoms with E-state index in [4.69, 9.17) is 0 Å². The lowest BCUT2D eigenvalue weighted by atomic mass is 10.2. The van der Waals surface area contributed by atoms with Crippen LogP contribution in [0.1, 0.15) is 25.7 Å². The molecule has 1 N–H and O–H groups in total. The van der Waals surface area contributed by atoms with Crippen LogP contribution < -0.4 is 10.2 Å². The molecule has 0 saturated heterocycles. The third-order valence-corrected chi connectivity index (χ3v) is 3.50. The van der Waals surface area contributed by atoms with E-state index in [-0.39, 0.29) is 5.82 Å². The maximum absolute atomic E-state index is 12.8. The van der Waals surface area contributed by atoms with Gasteiger partial charge in [0.25, 0.3) is 0 Å². The molecule has 0 atom stereocenters. The maximum atomic E-state index is 12.8. The minimum absolute atomic E-state index is 0.175. The molecule has 1 saturated carbocycles. The van der Waals surface area contributed by atoms with Crippen LogP contribution in [-0.2, 0) is 0 Å². The highest BCUT2D eigenvalue weighted by Gasteiger charge is 2.13. The molecule has 1 aliphatic carbocycles. The Labute approximate surface area is 103 Å². The Morgan fingerprint density at radius 3 is 2.53 bits per heavy atom. The monoisotopic (exact) mass is 236 g/mol. The van der Waals surface area contributed by atoms with Crippen molar-refractivity contribution in [1.29, 1.82) is 0 Å². The molecule has 2 rings (SSSR count). The first-order valence-corrected chi connectivity index (χ1v) is 6.46. The molecule has 0 aliphatic heterocycles. The SMILES string of the molecule is CN(CCNC1CCCC1)c1ccc(F)cc1. The van der Waals surface area contributed by atoms with Crippen molar-refractivity contribution >= 4 is 5.69 Å². The molecule has 1 fully saturated rings. The van der Waals surface area contributed by atoms with Gasteiger partial charge >= 0.3 is 0 Å². The summed E-state index contributed by atoms with van der Waals surface area (Å²) < 4.78 is 12.8. The van der Waals surface area contributed by atoms with Crippen LogP contribution in [0.5, 0.6) is 0 Å². The molecule has 2 nitrogen and oxygen atoms in total. The largest absolute Gasteiger partial charge is 0.373 e. The van der Waals surface area contributed by atoms with Gasteiger partial charge in [-0.25, -0.2) is 4.39 Å². The van der Waals surface area contributed by atoms with Gasteiger partial charge in [-0.2, -0.15) is 0 Å². The molecule has 0 heterocycles. The van der Waals surface area contributed by atoms with E-state index >= 15 is 0 Å². The van der Waals surface area contributed by atoms with E-state index in [1.165, 1.54) is 37.8 Å². The molecular weight excluding hydrogens is 215 g/mol. The predicted octanol–water partition coefficient (Wildman–Crippen LogP) is 2.79. The molecule has 0 aromatic heterocycles. The Morgan fingerprint density at radius 1 is 1.24 bits per heavy atom. The van der Waals surface area contributed by atoms with Gasteiger partial charge in [0.05, 0.1) is 0 Å². The topological polar surface area (TPSA) is 15.3 Å². The molecule has 0 spiro atoms. The summed E-state index contributed by atoms with van der Waals surface area (Å²) in [6.07, 6.45) is 5.37. The van der Waals surface area contributed by atoms with E-state index in [2.05, 4.69) is 10.2 Å². The van der Waals surface area contributed by atoms with Crippen molar-refractivity contribution in [3.05, 3.63) is 30.1 Å². The van der Waals surface area contributed by atoms with Gasteiger partial charge in [0.1, 0.15) is 5.82 Å². The number of halogens is 1.